The molecule has 1 aromatic carbocycles. The molecule has 1 spiro atoms. The lowest BCUT2D eigenvalue weighted by atomic mass is 9.76. The number of imide groups is 1. The first-order chi connectivity index (χ1) is 14.3. The van der Waals surface area contributed by atoms with Crippen molar-refractivity contribution < 1.29 is 28.9 Å². The predicted octanol–water partition coefficient (Wildman–Crippen LogP) is -0.272. The van der Waals surface area contributed by atoms with E-state index in [0.717, 1.165) is 32.1 Å². The van der Waals surface area contributed by atoms with Crippen molar-refractivity contribution in [1.82, 2.24) is 4.90 Å². The van der Waals surface area contributed by atoms with Gasteiger partial charge in [0.25, 0.3) is 5.91 Å². The second kappa shape index (κ2) is 6.60. The summed E-state index contributed by atoms with van der Waals surface area (Å²) in [6, 6.07) is 3.10. The van der Waals surface area contributed by atoms with E-state index in [-0.39, 0.29) is 18.4 Å². The number of fused-ring (bicyclic) bond motifs is 4. The summed E-state index contributed by atoms with van der Waals surface area (Å²) in [7, 11) is 0. The summed E-state index contributed by atoms with van der Waals surface area (Å²) in [5, 5.41) is 4.34. The molecule has 3 fully saturated rings. The number of carbonyl (C=O) groups excluding carboxylic acids is 4. The molecular weight excluding hydrogens is 391 g/mol. The third-order valence-corrected chi connectivity index (χ3v) is 7.24. The number of quaternary nitrogens is 1. The Morgan fingerprint density at radius 2 is 1.93 bits per heavy atom. The number of hydrogen-bond acceptors (Lipinski definition) is 4. The van der Waals surface area contributed by atoms with Gasteiger partial charge in [0.15, 0.2) is 0 Å². The van der Waals surface area contributed by atoms with Crippen LogP contribution in [0.3, 0.4) is 0 Å². The van der Waals surface area contributed by atoms with E-state index in [0.29, 0.717) is 11.3 Å². The van der Waals surface area contributed by atoms with Crippen LogP contribution >= 0.6 is 0 Å². The van der Waals surface area contributed by atoms with Crippen LogP contribution in [-0.4, -0.2) is 40.6 Å². The number of carbonyl (C=O) groups is 4. The van der Waals surface area contributed by atoms with Gasteiger partial charge in [-0.2, -0.15) is 0 Å². The van der Waals surface area contributed by atoms with Crippen LogP contribution in [0.15, 0.2) is 18.2 Å². The molecule has 1 aliphatic carbocycles. The predicted molar refractivity (Wildman–Crippen MR) is 102 cm³/mol. The van der Waals surface area contributed by atoms with Gasteiger partial charge in [-0.1, -0.05) is 19.3 Å². The molecule has 8 nitrogen and oxygen atoms in total. The van der Waals surface area contributed by atoms with Crippen molar-refractivity contribution in [2.24, 2.45) is 17.6 Å². The third kappa shape index (κ3) is 2.47. The zero-order chi connectivity index (χ0) is 21.2. The minimum atomic E-state index is -1.47. The molecule has 0 unspecified atom stereocenters. The van der Waals surface area contributed by atoms with Crippen molar-refractivity contribution in [2.75, 3.05) is 5.32 Å². The molecule has 3 aliphatic heterocycles. The zero-order valence-electron chi connectivity index (χ0n) is 16.4. The topological polar surface area (TPSA) is 126 Å². The van der Waals surface area contributed by atoms with Crippen LogP contribution in [0.5, 0.6) is 0 Å². The highest BCUT2D eigenvalue weighted by Crippen LogP contribution is 2.50. The van der Waals surface area contributed by atoms with E-state index in [1.54, 1.807) is 5.32 Å². The number of halogens is 1. The van der Waals surface area contributed by atoms with Gasteiger partial charge in [0.1, 0.15) is 23.7 Å². The SMILES string of the molecule is NC(=O)C[C@@H]1[NH2+][C@@]2(C(=O)Nc3ccc(F)cc32)[C@@H]2C(=O)N(C3CCCCC3)C(=O)[C@H]12. The quantitative estimate of drug-likeness (QED) is 0.588. The molecule has 0 aromatic heterocycles. The van der Waals surface area contributed by atoms with Crippen LogP contribution in [0.2, 0.25) is 0 Å². The van der Waals surface area contributed by atoms with Crippen molar-refractivity contribution in [2.45, 2.75) is 56.1 Å². The number of anilines is 1. The molecule has 9 heteroatoms. The third-order valence-electron chi connectivity index (χ3n) is 7.24. The maximum Gasteiger partial charge on any atom is 0.291 e. The number of nitrogens with two attached hydrogens (primary N) is 2. The molecular formula is C21H24FN4O4+. The summed E-state index contributed by atoms with van der Waals surface area (Å²) in [6.07, 6.45) is 4.28. The van der Waals surface area contributed by atoms with E-state index in [2.05, 4.69) is 5.32 Å². The van der Waals surface area contributed by atoms with E-state index >= 15 is 0 Å². The number of rotatable bonds is 3. The van der Waals surface area contributed by atoms with Gasteiger partial charge in [0.2, 0.25) is 23.3 Å². The Morgan fingerprint density at radius 1 is 1.20 bits per heavy atom. The van der Waals surface area contributed by atoms with E-state index in [9.17, 15) is 23.6 Å². The van der Waals surface area contributed by atoms with E-state index in [4.69, 9.17) is 5.73 Å². The van der Waals surface area contributed by atoms with E-state index in [1.807, 2.05) is 0 Å². The van der Waals surface area contributed by atoms with Crippen molar-refractivity contribution in [3.8, 4) is 0 Å². The Kier molecular flexibility index (Phi) is 4.22. The number of nitrogens with zero attached hydrogens (tertiary/aromatic N) is 1. The number of likely N-dealkylation sites (tertiary alicyclic amines) is 1. The molecule has 0 bridgehead atoms. The van der Waals surface area contributed by atoms with Gasteiger partial charge in [-0.25, -0.2) is 4.39 Å². The molecule has 1 aromatic rings. The molecule has 30 heavy (non-hydrogen) atoms. The summed E-state index contributed by atoms with van der Waals surface area (Å²) in [6.45, 7) is 0. The molecule has 0 radical (unpaired) electrons. The van der Waals surface area contributed by atoms with Crippen LogP contribution in [0.25, 0.3) is 0 Å². The number of hydrogen-bond donors (Lipinski definition) is 3. The van der Waals surface area contributed by atoms with Crippen molar-refractivity contribution in [3.63, 3.8) is 0 Å². The number of benzene rings is 1. The van der Waals surface area contributed by atoms with Gasteiger partial charge in [-0.15, -0.1) is 0 Å². The first-order valence-electron chi connectivity index (χ1n) is 10.5. The van der Waals surface area contributed by atoms with Crippen LogP contribution in [0, 0.1) is 17.7 Å². The summed E-state index contributed by atoms with van der Waals surface area (Å²) in [4.78, 5) is 53.3. The average Bonchev–Trinajstić information content (AvgIpc) is 3.27. The number of amides is 4. The first-order valence-corrected chi connectivity index (χ1v) is 10.5. The van der Waals surface area contributed by atoms with Gasteiger partial charge in [0, 0.05) is 11.6 Å². The fourth-order valence-corrected chi connectivity index (χ4v) is 6.08. The summed E-state index contributed by atoms with van der Waals surface area (Å²) in [5.74, 6) is -4.17. The minimum Gasteiger partial charge on any atom is -0.369 e. The highest BCUT2D eigenvalue weighted by Gasteiger charge is 2.74. The summed E-state index contributed by atoms with van der Waals surface area (Å²) in [5.41, 5.74) is 4.72. The molecule has 1 saturated carbocycles. The molecule has 4 aliphatic rings. The van der Waals surface area contributed by atoms with Gasteiger partial charge >= 0.3 is 0 Å². The summed E-state index contributed by atoms with van der Waals surface area (Å²) < 4.78 is 14.1. The van der Waals surface area contributed by atoms with Crippen molar-refractivity contribution >= 4 is 29.3 Å². The van der Waals surface area contributed by atoms with Crippen molar-refractivity contribution in [1.29, 1.82) is 0 Å². The Balaban J connectivity index is 1.63. The molecule has 4 amide bonds. The van der Waals surface area contributed by atoms with Crippen LogP contribution in [0.4, 0.5) is 10.1 Å². The molecule has 5 N–H and O–H groups in total. The van der Waals surface area contributed by atoms with Crippen LogP contribution in [0.1, 0.15) is 44.1 Å². The smallest absolute Gasteiger partial charge is 0.291 e. The maximum atomic E-state index is 14.1. The lowest BCUT2D eigenvalue weighted by molar-refractivity contribution is -0.732. The highest BCUT2D eigenvalue weighted by molar-refractivity contribution is 6.14. The molecule has 4 atom stereocenters. The van der Waals surface area contributed by atoms with Crippen LogP contribution < -0.4 is 16.4 Å². The first kappa shape index (κ1) is 19.2. The second-order valence-corrected chi connectivity index (χ2v) is 8.86. The molecule has 5 rings (SSSR count). The van der Waals surface area contributed by atoms with Gasteiger partial charge < -0.3 is 16.4 Å². The lowest BCUT2D eigenvalue weighted by Gasteiger charge is -2.32. The fraction of sp³-hybridized carbons (Fsp3) is 0.524. The molecule has 3 heterocycles. The maximum absolute atomic E-state index is 14.1. The Morgan fingerprint density at radius 3 is 2.63 bits per heavy atom. The standard InChI is InChI=1S/C21H23FN4O4/c22-10-6-7-13-12(8-10)21(20(30)24-13)17-16(14(25-21)9-15(23)27)18(28)26(19(17)29)11-4-2-1-3-5-11/h6-8,11,14,16-17,25H,1-5,9H2,(H2,23,27)(H,24,30)/p+1/t14-,16+,17-,21+/m0/s1. The number of nitrogens with one attached hydrogen (secondary N) is 1. The monoisotopic (exact) mass is 415 g/mol. The normalized spacial score (nSPS) is 33.2. The Bertz CT molecular complexity index is 976. The van der Waals surface area contributed by atoms with E-state index < -0.39 is 47.0 Å². The van der Waals surface area contributed by atoms with Crippen molar-refractivity contribution in [3.05, 3.63) is 29.6 Å². The Hall–Kier alpha value is -2.81. The average molecular weight is 415 g/mol. The number of primary amides is 1. The highest BCUT2D eigenvalue weighted by atomic mass is 19.1. The van der Waals surface area contributed by atoms with Gasteiger partial charge in [-0.05, 0) is 31.0 Å². The molecule has 2 saturated heterocycles. The van der Waals surface area contributed by atoms with E-state index in [1.165, 1.54) is 23.1 Å². The lowest BCUT2D eigenvalue weighted by Crippen LogP contribution is -2.99. The van der Waals surface area contributed by atoms with Gasteiger partial charge in [-0.3, -0.25) is 24.1 Å². The largest absolute Gasteiger partial charge is 0.369 e. The fourth-order valence-electron chi connectivity index (χ4n) is 6.08. The minimum absolute atomic E-state index is 0.141. The molecule has 158 valence electrons. The van der Waals surface area contributed by atoms with Crippen LogP contribution in [-0.2, 0) is 24.7 Å². The second-order valence-electron chi connectivity index (χ2n) is 8.86. The zero-order valence-corrected chi connectivity index (χ0v) is 16.4. The summed E-state index contributed by atoms with van der Waals surface area (Å²) >= 11 is 0. The van der Waals surface area contributed by atoms with Gasteiger partial charge in [0.05, 0.1) is 12.1 Å². The Labute approximate surface area is 172 Å².